The van der Waals surface area contributed by atoms with Crippen molar-refractivity contribution in [3.8, 4) is 0 Å². The Morgan fingerprint density at radius 3 is 2.33 bits per heavy atom. The molecule has 0 spiro atoms. The maximum Gasteiger partial charge on any atom is 0.0230 e. The lowest BCUT2D eigenvalue weighted by atomic mass is 9.99. The summed E-state index contributed by atoms with van der Waals surface area (Å²) >= 11 is 0. The third kappa shape index (κ3) is 2.80. The lowest BCUT2D eigenvalue weighted by molar-refractivity contribution is 0.400. The molecule has 82 valence electrons. The molecular formula is C13H20N2. The summed E-state index contributed by atoms with van der Waals surface area (Å²) in [6.07, 6.45) is 3.41. The average Bonchev–Trinajstić information content (AvgIpc) is 2.86. The van der Waals surface area contributed by atoms with Crippen molar-refractivity contribution >= 4 is 0 Å². The highest BCUT2D eigenvalue weighted by Gasteiger charge is 2.38. The van der Waals surface area contributed by atoms with E-state index in [-0.39, 0.29) is 5.54 Å². The van der Waals surface area contributed by atoms with Crippen LogP contribution in [0.4, 0.5) is 0 Å². The molecule has 0 unspecified atom stereocenters. The van der Waals surface area contributed by atoms with Gasteiger partial charge in [0.05, 0.1) is 0 Å². The molecule has 0 heterocycles. The van der Waals surface area contributed by atoms with Crippen LogP contribution in [0.15, 0.2) is 24.3 Å². The Kier molecular flexibility index (Phi) is 2.81. The van der Waals surface area contributed by atoms with Crippen molar-refractivity contribution in [2.24, 2.45) is 5.73 Å². The average molecular weight is 204 g/mol. The quantitative estimate of drug-likeness (QED) is 0.810. The Labute approximate surface area is 92.1 Å². The Morgan fingerprint density at radius 2 is 1.80 bits per heavy atom. The zero-order valence-corrected chi connectivity index (χ0v) is 9.66. The molecule has 1 saturated carbocycles. The van der Waals surface area contributed by atoms with Gasteiger partial charge in [-0.25, -0.2) is 0 Å². The van der Waals surface area contributed by atoms with Crippen molar-refractivity contribution in [3.05, 3.63) is 35.4 Å². The van der Waals surface area contributed by atoms with Crippen LogP contribution in [0.3, 0.4) is 0 Å². The molecule has 0 radical (unpaired) electrons. The fourth-order valence-corrected chi connectivity index (χ4v) is 1.94. The third-order valence-electron chi connectivity index (χ3n) is 3.04. The van der Waals surface area contributed by atoms with Crippen LogP contribution in [-0.2, 0) is 13.0 Å². The number of rotatable bonds is 4. The van der Waals surface area contributed by atoms with Gasteiger partial charge in [-0.2, -0.15) is 0 Å². The van der Waals surface area contributed by atoms with E-state index in [4.69, 9.17) is 5.73 Å². The summed E-state index contributed by atoms with van der Waals surface area (Å²) in [6, 6.07) is 8.64. The van der Waals surface area contributed by atoms with E-state index in [2.05, 4.69) is 43.3 Å². The fourth-order valence-electron chi connectivity index (χ4n) is 1.94. The van der Waals surface area contributed by atoms with E-state index in [1.165, 1.54) is 24.0 Å². The number of nitrogens with zero attached hydrogens (tertiary/aromatic N) is 1. The zero-order valence-electron chi connectivity index (χ0n) is 9.66. The van der Waals surface area contributed by atoms with Crippen molar-refractivity contribution in [2.75, 3.05) is 14.1 Å². The maximum absolute atomic E-state index is 6.16. The van der Waals surface area contributed by atoms with Crippen LogP contribution in [0.1, 0.15) is 24.0 Å². The first-order valence-corrected chi connectivity index (χ1v) is 5.59. The van der Waals surface area contributed by atoms with Gasteiger partial charge in [0.15, 0.2) is 0 Å². The minimum Gasteiger partial charge on any atom is -0.325 e. The Bertz CT molecular complexity index is 340. The molecule has 0 aliphatic heterocycles. The second kappa shape index (κ2) is 3.95. The van der Waals surface area contributed by atoms with E-state index < -0.39 is 0 Å². The van der Waals surface area contributed by atoms with Gasteiger partial charge in [0, 0.05) is 12.1 Å². The van der Waals surface area contributed by atoms with Crippen LogP contribution < -0.4 is 5.73 Å². The summed E-state index contributed by atoms with van der Waals surface area (Å²) < 4.78 is 0. The number of hydrogen-bond donors (Lipinski definition) is 1. The van der Waals surface area contributed by atoms with Crippen LogP contribution in [-0.4, -0.2) is 24.5 Å². The van der Waals surface area contributed by atoms with Gasteiger partial charge < -0.3 is 10.6 Å². The molecule has 1 fully saturated rings. The predicted molar refractivity (Wildman–Crippen MR) is 63.7 cm³/mol. The van der Waals surface area contributed by atoms with Gasteiger partial charge in [-0.3, -0.25) is 0 Å². The lowest BCUT2D eigenvalue weighted by Crippen LogP contribution is -2.25. The van der Waals surface area contributed by atoms with Crippen molar-refractivity contribution in [1.29, 1.82) is 0 Å². The molecule has 1 aliphatic rings. The van der Waals surface area contributed by atoms with Gasteiger partial charge in [0.2, 0.25) is 0 Å². The molecule has 0 bridgehead atoms. The molecule has 2 N–H and O–H groups in total. The maximum atomic E-state index is 6.16. The molecule has 2 heteroatoms. The van der Waals surface area contributed by atoms with E-state index in [9.17, 15) is 0 Å². The Morgan fingerprint density at radius 1 is 1.20 bits per heavy atom. The summed E-state index contributed by atoms with van der Waals surface area (Å²) in [5.74, 6) is 0. The third-order valence-corrected chi connectivity index (χ3v) is 3.04. The minimum atomic E-state index is 0.114. The van der Waals surface area contributed by atoms with Crippen molar-refractivity contribution in [1.82, 2.24) is 4.90 Å². The number of nitrogens with two attached hydrogens (primary N) is 1. The Balaban J connectivity index is 2.14. The molecule has 1 aromatic rings. The van der Waals surface area contributed by atoms with Gasteiger partial charge in [0.25, 0.3) is 0 Å². The second-order valence-corrected chi connectivity index (χ2v) is 5.05. The highest BCUT2D eigenvalue weighted by Crippen LogP contribution is 2.36. The first-order valence-electron chi connectivity index (χ1n) is 5.59. The Hall–Kier alpha value is -0.860. The molecule has 1 aliphatic carbocycles. The SMILES string of the molecule is CN(C)Cc1ccccc1CC1(N)CC1. The summed E-state index contributed by atoms with van der Waals surface area (Å²) in [7, 11) is 4.21. The fraction of sp³-hybridized carbons (Fsp3) is 0.538. The molecular weight excluding hydrogens is 184 g/mol. The van der Waals surface area contributed by atoms with Crippen LogP contribution in [0.5, 0.6) is 0 Å². The number of hydrogen-bond acceptors (Lipinski definition) is 2. The first kappa shape index (κ1) is 10.7. The van der Waals surface area contributed by atoms with Crippen molar-refractivity contribution < 1.29 is 0 Å². The van der Waals surface area contributed by atoms with Gasteiger partial charge in [0.1, 0.15) is 0 Å². The monoisotopic (exact) mass is 204 g/mol. The molecule has 0 aromatic heterocycles. The normalized spacial score (nSPS) is 18.1. The topological polar surface area (TPSA) is 29.3 Å². The van der Waals surface area contributed by atoms with Crippen molar-refractivity contribution in [3.63, 3.8) is 0 Å². The number of benzene rings is 1. The van der Waals surface area contributed by atoms with Crippen LogP contribution >= 0.6 is 0 Å². The van der Waals surface area contributed by atoms with Crippen LogP contribution in [0, 0.1) is 0 Å². The highest BCUT2D eigenvalue weighted by molar-refractivity contribution is 5.30. The smallest absolute Gasteiger partial charge is 0.0230 e. The predicted octanol–water partition coefficient (Wildman–Crippen LogP) is 1.78. The van der Waals surface area contributed by atoms with Gasteiger partial charge in [-0.05, 0) is 44.5 Å². The van der Waals surface area contributed by atoms with E-state index >= 15 is 0 Å². The van der Waals surface area contributed by atoms with Gasteiger partial charge in [-0.1, -0.05) is 24.3 Å². The summed E-state index contributed by atoms with van der Waals surface area (Å²) in [6.45, 7) is 1.01. The molecule has 0 saturated heterocycles. The largest absolute Gasteiger partial charge is 0.325 e. The standard InChI is InChI=1S/C13H20N2/c1-15(2)10-12-6-4-3-5-11(12)9-13(14)7-8-13/h3-6H,7-10,14H2,1-2H3. The molecule has 2 nitrogen and oxygen atoms in total. The molecule has 15 heavy (non-hydrogen) atoms. The lowest BCUT2D eigenvalue weighted by Gasteiger charge is -2.16. The molecule has 0 amide bonds. The van der Waals surface area contributed by atoms with Crippen LogP contribution in [0.25, 0.3) is 0 Å². The van der Waals surface area contributed by atoms with Crippen LogP contribution in [0.2, 0.25) is 0 Å². The second-order valence-electron chi connectivity index (χ2n) is 5.05. The van der Waals surface area contributed by atoms with E-state index in [0.29, 0.717) is 0 Å². The zero-order chi connectivity index (χ0) is 10.9. The van der Waals surface area contributed by atoms with Gasteiger partial charge >= 0.3 is 0 Å². The van der Waals surface area contributed by atoms with E-state index in [0.717, 1.165) is 13.0 Å². The first-order chi connectivity index (χ1) is 7.09. The summed E-state index contributed by atoms with van der Waals surface area (Å²) in [5.41, 5.74) is 9.12. The molecule has 2 rings (SSSR count). The van der Waals surface area contributed by atoms with E-state index in [1.807, 2.05) is 0 Å². The van der Waals surface area contributed by atoms with Gasteiger partial charge in [-0.15, -0.1) is 0 Å². The van der Waals surface area contributed by atoms with Crippen molar-refractivity contribution in [2.45, 2.75) is 31.3 Å². The molecule has 1 aromatic carbocycles. The summed E-state index contributed by atoms with van der Waals surface area (Å²) in [5, 5.41) is 0. The van der Waals surface area contributed by atoms with E-state index in [1.54, 1.807) is 0 Å². The highest BCUT2D eigenvalue weighted by atomic mass is 15.0. The minimum absolute atomic E-state index is 0.114. The summed E-state index contributed by atoms with van der Waals surface area (Å²) in [4.78, 5) is 2.20. The molecule has 0 atom stereocenters.